The van der Waals surface area contributed by atoms with Crippen LogP contribution in [0.3, 0.4) is 0 Å². The molecule has 0 aromatic heterocycles. The number of oxime groups is 1. The van der Waals surface area contributed by atoms with Crippen molar-refractivity contribution >= 4 is 29.4 Å². The van der Waals surface area contributed by atoms with E-state index in [1.165, 1.54) is 13.4 Å². The lowest BCUT2D eigenvalue weighted by Gasteiger charge is -1.89. The highest BCUT2D eigenvalue weighted by atomic mass is 35.5. The third kappa shape index (κ3) is 2.59. The van der Waals surface area contributed by atoms with Crippen molar-refractivity contribution in [1.29, 1.82) is 0 Å². The highest BCUT2D eigenvalue weighted by Crippen LogP contribution is 1.83. The van der Waals surface area contributed by atoms with Crippen LogP contribution >= 0.6 is 11.6 Å². The Bertz CT molecular complexity index is 166. The molecule has 0 rings (SSSR count). The number of nitrogens with zero attached hydrogens (tertiary/aromatic N) is 1. The van der Waals surface area contributed by atoms with Gasteiger partial charge < -0.3 is 4.84 Å². The van der Waals surface area contributed by atoms with E-state index in [0.717, 1.165) is 0 Å². The summed E-state index contributed by atoms with van der Waals surface area (Å²) in [5.74, 6) is -0.893. The van der Waals surface area contributed by atoms with Gasteiger partial charge in [0.25, 0.3) is 6.29 Å². The molecule has 0 aliphatic heterocycles. The molecule has 0 spiro atoms. The zero-order chi connectivity index (χ0) is 7.98. The Morgan fingerprint density at radius 1 is 1.80 bits per heavy atom. The number of hydrogen-bond donors (Lipinski definition) is 0. The number of Topliss-reactive ketones (excluding diaryl/α,β-unsaturated/α-hetero) is 1. The predicted molar refractivity (Wildman–Crippen MR) is 35.9 cm³/mol. The van der Waals surface area contributed by atoms with Crippen molar-refractivity contribution in [2.45, 2.75) is 0 Å². The summed E-state index contributed by atoms with van der Waals surface area (Å²) >= 11 is 5.10. The Morgan fingerprint density at radius 3 is 2.70 bits per heavy atom. The maximum atomic E-state index is 10.5. The van der Waals surface area contributed by atoms with E-state index in [1.807, 2.05) is 0 Å². The van der Waals surface area contributed by atoms with Crippen LogP contribution in [0.1, 0.15) is 0 Å². The molecule has 5 heteroatoms. The average Bonchev–Trinajstić information content (AvgIpc) is 1.99. The number of rotatable bonds is 4. The summed E-state index contributed by atoms with van der Waals surface area (Å²) in [5.41, 5.74) is -0.419. The number of halogens is 1. The van der Waals surface area contributed by atoms with Crippen LogP contribution < -0.4 is 0 Å². The monoisotopic (exact) mass is 162 g/mol. The van der Waals surface area contributed by atoms with Gasteiger partial charge >= 0.3 is 0 Å². The Kier molecular flexibility index (Phi) is 4.49. The Morgan fingerprint density at radius 2 is 2.40 bits per heavy atom. The van der Waals surface area contributed by atoms with Crippen LogP contribution in [0.15, 0.2) is 5.16 Å². The Hall–Kier alpha value is -0.900. The van der Waals surface area contributed by atoms with Crippen LogP contribution in [0.25, 0.3) is 0 Å². The average molecular weight is 163 g/mol. The van der Waals surface area contributed by atoms with Crippen LogP contribution in [0.5, 0.6) is 0 Å². The Labute approximate surface area is 62.8 Å². The molecule has 0 saturated carbocycles. The second-order valence-corrected chi connectivity index (χ2v) is 1.55. The molecule has 0 aromatic carbocycles. The van der Waals surface area contributed by atoms with Crippen molar-refractivity contribution in [3.8, 4) is 0 Å². The third-order valence-electron chi connectivity index (χ3n) is 0.665. The maximum Gasteiger partial charge on any atom is 0.260 e. The fourth-order valence-corrected chi connectivity index (χ4v) is 0.408. The molecular weight excluding hydrogens is 158 g/mol. The molecule has 0 saturated heterocycles. The molecule has 0 aromatic rings. The van der Waals surface area contributed by atoms with E-state index in [1.54, 1.807) is 0 Å². The molecule has 0 aliphatic carbocycles. The minimum absolute atomic E-state index is 0.294. The first-order valence-electron chi connectivity index (χ1n) is 2.34. The second kappa shape index (κ2) is 4.93. The van der Waals surface area contributed by atoms with Gasteiger partial charge in [-0.25, -0.2) is 0 Å². The summed E-state index contributed by atoms with van der Waals surface area (Å²) in [4.78, 5) is 24.6. The summed E-state index contributed by atoms with van der Waals surface area (Å²) in [5, 5.41) is 3.07. The quantitative estimate of drug-likeness (QED) is 0.251. The molecule has 0 aliphatic rings. The van der Waals surface area contributed by atoms with Crippen LogP contribution in [-0.2, 0) is 14.4 Å². The summed E-state index contributed by atoms with van der Waals surface area (Å²) in [6.45, 7) is 0. The number of alkyl halides is 1. The highest BCUT2D eigenvalue weighted by Gasteiger charge is 2.09. The third-order valence-corrected chi connectivity index (χ3v) is 0.907. The first-order chi connectivity index (χ1) is 4.76. The minimum atomic E-state index is -0.599. The van der Waals surface area contributed by atoms with Crippen LogP contribution in [-0.4, -0.2) is 30.8 Å². The molecule has 0 bridgehead atoms. The molecule has 1 radical (unpaired) electrons. The van der Waals surface area contributed by atoms with Crippen LogP contribution in [0.2, 0.25) is 0 Å². The molecule has 0 atom stereocenters. The number of carbonyl (C=O) groups is 1. The van der Waals surface area contributed by atoms with Gasteiger partial charge in [0.1, 0.15) is 7.11 Å². The lowest BCUT2D eigenvalue weighted by atomic mass is 10.3. The van der Waals surface area contributed by atoms with E-state index in [-0.39, 0.29) is 5.88 Å². The van der Waals surface area contributed by atoms with Gasteiger partial charge in [-0.15, -0.1) is 11.6 Å². The van der Waals surface area contributed by atoms with Crippen molar-refractivity contribution in [1.82, 2.24) is 0 Å². The summed E-state index contributed by atoms with van der Waals surface area (Å²) in [7, 11) is 1.22. The molecule has 0 fully saturated rings. The van der Waals surface area contributed by atoms with Crippen molar-refractivity contribution < 1.29 is 14.4 Å². The SMILES string of the molecule is CO/N=C(\[C]=O)C(=O)CCl. The van der Waals surface area contributed by atoms with E-state index < -0.39 is 11.5 Å². The lowest BCUT2D eigenvalue weighted by Crippen LogP contribution is -2.16. The van der Waals surface area contributed by atoms with E-state index >= 15 is 0 Å². The van der Waals surface area contributed by atoms with Gasteiger partial charge in [-0.3, -0.25) is 9.59 Å². The zero-order valence-corrected chi connectivity index (χ0v) is 6.01. The van der Waals surface area contributed by atoms with Crippen LogP contribution in [0, 0.1) is 0 Å². The largest absolute Gasteiger partial charge is 0.398 e. The minimum Gasteiger partial charge on any atom is -0.398 e. The second-order valence-electron chi connectivity index (χ2n) is 1.28. The van der Waals surface area contributed by atoms with Gasteiger partial charge in [0.05, 0.1) is 5.88 Å². The molecule has 10 heavy (non-hydrogen) atoms. The van der Waals surface area contributed by atoms with Gasteiger partial charge in [0, 0.05) is 0 Å². The fourth-order valence-electron chi connectivity index (χ4n) is 0.281. The summed E-state index contributed by atoms with van der Waals surface area (Å²) in [6.07, 6.45) is 1.29. The molecule has 55 valence electrons. The predicted octanol–water partition coefficient (Wildman–Crippen LogP) is -0.0936. The van der Waals surface area contributed by atoms with E-state index in [2.05, 4.69) is 9.99 Å². The van der Waals surface area contributed by atoms with Gasteiger partial charge in [0.2, 0.25) is 5.78 Å². The number of hydrogen-bond acceptors (Lipinski definition) is 4. The fraction of sp³-hybridized carbons (Fsp3) is 0.400. The zero-order valence-electron chi connectivity index (χ0n) is 5.26. The molecule has 0 heterocycles. The van der Waals surface area contributed by atoms with E-state index in [4.69, 9.17) is 11.6 Å². The Balaban J connectivity index is 4.20. The number of carbonyl (C=O) groups excluding carboxylic acids is 2. The topological polar surface area (TPSA) is 55.7 Å². The van der Waals surface area contributed by atoms with Gasteiger partial charge in [-0.2, -0.15) is 0 Å². The standard InChI is InChI=1S/C5H5ClNO3/c1-10-7-4(3-8)5(9)2-6/h2H2,1H3/b7-4+. The maximum absolute atomic E-state index is 10.5. The summed E-state index contributed by atoms with van der Waals surface area (Å²) in [6, 6.07) is 0. The lowest BCUT2D eigenvalue weighted by molar-refractivity contribution is -0.110. The number of ketones is 1. The molecule has 0 amide bonds. The normalized spacial score (nSPS) is 10.8. The molecular formula is C5H5ClNO3. The van der Waals surface area contributed by atoms with Gasteiger partial charge in [-0.1, -0.05) is 5.16 Å². The van der Waals surface area contributed by atoms with Crippen molar-refractivity contribution in [2.75, 3.05) is 13.0 Å². The van der Waals surface area contributed by atoms with Gasteiger partial charge in [-0.05, 0) is 0 Å². The van der Waals surface area contributed by atoms with Gasteiger partial charge in [0.15, 0.2) is 5.71 Å². The molecule has 0 unspecified atom stereocenters. The summed E-state index contributed by atoms with van der Waals surface area (Å²) < 4.78 is 0. The first kappa shape index (κ1) is 9.10. The van der Waals surface area contributed by atoms with E-state index in [9.17, 15) is 9.59 Å². The highest BCUT2D eigenvalue weighted by molar-refractivity contribution is 6.64. The van der Waals surface area contributed by atoms with Crippen molar-refractivity contribution in [3.05, 3.63) is 0 Å². The van der Waals surface area contributed by atoms with Crippen molar-refractivity contribution in [2.24, 2.45) is 5.16 Å². The van der Waals surface area contributed by atoms with Crippen molar-refractivity contribution in [3.63, 3.8) is 0 Å². The van der Waals surface area contributed by atoms with Crippen LogP contribution in [0.4, 0.5) is 0 Å². The molecule has 4 nitrogen and oxygen atoms in total. The molecule has 0 N–H and O–H groups in total. The van der Waals surface area contributed by atoms with E-state index in [0.29, 0.717) is 0 Å². The first-order valence-corrected chi connectivity index (χ1v) is 2.88. The smallest absolute Gasteiger partial charge is 0.260 e.